The maximum absolute atomic E-state index is 4.62. The van der Waals surface area contributed by atoms with Gasteiger partial charge in [0.1, 0.15) is 0 Å². The largest absolute Gasteiger partial charge is 0.294 e. The SMILES string of the molecule is CCCCCCN=C(CC)CCC. The molecule has 0 aliphatic heterocycles. The van der Waals surface area contributed by atoms with Crippen molar-refractivity contribution >= 4 is 5.71 Å². The van der Waals surface area contributed by atoms with Crippen LogP contribution in [0.2, 0.25) is 0 Å². The van der Waals surface area contributed by atoms with E-state index in [0.29, 0.717) is 0 Å². The highest BCUT2D eigenvalue weighted by atomic mass is 14.7. The Morgan fingerprint density at radius 2 is 1.69 bits per heavy atom. The quantitative estimate of drug-likeness (QED) is 0.395. The van der Waals surface area contributed by atoms with E-state index in [1.54, 1.807) is 0 Å². The molecule has 0 amide bonds. The van der Waals surface area contributed by atoms with Gasteiger partial charge in [-0.15, -0.1) is 0 Å². The molecule has 0 aromatic rings. The summed E-state index contributed by atoms with van der Waals surface area (Å²) in [6.07, 6.45) is 8.89. The smallest absolute Gasteiger partial charge is 0.0388 e. The Morgan fingerprint density at radius 1 is 0.923 bits per heavy atom. The molecule has 0 aliphatic rings. The first kappa shape index (κ1) is 12.7. The second-order valence-electron chi connectivity index (χ2n) is 3.61. The van der Waals surface area contributed by atoms with Crippen LogP contribution in [0.25, 0.3) is 0 Å². The topological polar surface area (TPSA) is 12.4 Å². The Morgan fingerprint density at radius 3 is 2.23 bits per heavy atom. The van der Waals surface area contributed by atoms with Gasteiger partial charge in [-0.1, -0.05) is 46.5 Å². The lowest BCUT2D eigenvalue weighted by Gasteiger charge is -2.01. The summed E-state index contributed by atoms with van der Waals surface area (Å²) in [4.78, 5) is 4.62. The zero-order chi connectivity index (χ0) is 9.94. The molecule has 0 aliphatic carbocycles. The number of hydrogen-bond acceptors (Lipinski definition) is 1. The lowest BCUT2D eigenvalue weighted by atomic mass is 10.1. The van der Waals surface area contributed by atoms with Crippen LogP contribution in [0.3, 0.4) is 0 Å². The van der Waals surface area contributed by atoms with Gasteiger partial charge in [0.25, 0.3) is 0 Å². The summed E-state index contributed by atoms with van der Waals surface area (Å²) in [5.41, 5.74) is 1.42. The molecule has 0 heterocycles. The minimum atomic E-state index is 1.06. The van der Waals surface area contributed by atoms with Crippen molar-refractivity contribution < 1.29 is 0 Å². The third-order valence-electron chi connectivity index (χ3n) is 2.29. The van der Waals surface area contributed by atoms with Gasteiger partial charge in [0, 0.05) is 12.3 Å². The standard InChI is InChI=1S/C12H25N/c1-4-7-8-9-11-13-12(6-3)10-5-2/h4-11H2,1-3H3. The molecule has 78 valence electrons. The van der Waals surface area contributed by atoms with Crippen LogP contribution < -0.4 is 0 Å². The van der Waals surface area contributed by atoms with Crippen LogP contribution in [0, 0.1) is 0 Å². The molecule has 13 heavy (non-hydrogen) atoms. The van der Waals surface area contributed by atoms with E-state index in [9.17, 15) is 0 Å². The van der Waals surface area contributed by atoms with Crippen molar-refractivity contribution in [2.24, 2.45) is 4.99 Å². The predicted octanol–water partition coefficient (Wildman–Crippen LogP) is 4.22. The molecule has 0 rings (SSSR count). The number of unbranched alkanes of at least 4 members (excludes halogenated alkanes) is 3. The molecule has 0 aromatic carbocycles. The summed E-state index contributed by atoms with van der Waals surface area (Å²) in [7, 11) is 0. The van der Waals surface area contributed by atoms with Gasteiger partial charge in [-0.3, -0.25) is 4.99 Å². The van der Waals surface area contributed by atoms with Crippen molar-refractivity contribution in [2.45, 2.75) is 65.7 Å². The van der Waals surface area contributed by atoms with Crippen molar-refractivity contribution in [2.75, 3.05) is 6.54 Å². The van der Waals surface area contributed by atoms with Crippen LogP contribution in [0.4, 0.5) is 0 Å². The van der Waals surface area contributed by atoms with E-state index in [4.69, 9.17) is 0 Å². The number of aliphatic imine (C=N–C) groups is 1. The van der Waals surface area contributed by atoms with Crippen molar-refractivity contribution in [3.63, 3.8) is 0 Å². The van der Waals surface area contributed by atoms with Gasteiger partial charge in [0.2, 0.25) is 0 Å². The molecule has 0 aromatic heterocycles. The Hall–Kier alpha value is -0.330. The van der Waals surface area contributed by atoms with E-state index in [1.807, 2.05) is 0 Å². The Balaban J connectivity index is 3.42. The van der Waals surface area contributed by atoms with Gasteiger partial charge in [0.05, 0.1) is 0 Å². The van der Waals surface area contributed by atoms with E-state index < -0.39 is 0 Å². The van der Waals surface area contributed by atoms with Gasteiger partial charge in [0.15, 0.2) is 0 Å². The van der Waals surface area contributed by atoms with Gasteiger partial charge < -0.3 is 0 Å². The number of hydrogen-bond donors (Lipinski definition) is 0. The lowest BCUT2D eigenvalue weighted by Crippen LogP contribution is -1.97. The first-order valence-electron chi connectivity index (χ1n) is 5.87. The molecular weight excluding hydrogens is 158 g/mol. The van der Waals surface area contributed by atoms with E-state index in [2.05, 4.69) is 25.8 Å². The molecule has 0 spiro atoms. The van der Waals surface area contributed by atoms with Crippen LogP contribution in [0.5, 0.6) is 0 Å². The second kappa shape index (κ2) is 9.76. The van der Waals surface area contributed by atoms with Crippen molar-refractivity contribution in [3.8, 4) is 0 Å². The van der Waals surface area contributed by atoms with Crippen molar-refractivity contribution in [1.29, 1.82) is 0 Å². The highest BCUT2D eigenvalue weighted by molar-refractivity contribution is 5.84. The van der Waals surface area contributed by atoms with Crippen LogP contribution in [-0.2, 0) is 0 Å². The zero-order valence-electron chi connectivity index (χ0n) is 9.60. The number of nitrogens with zero attached hydrogens (tertiary/aromatic N) is 1. The molecule has 0 N–H and O–H groups in total. The molecule has 0 radical (unpaired) electrons. The summed E-state index contributed by atoms with van der Waals surface area (Å²) in [6.45, 7) is 7.74. The van der Waals surface area contributed by atoms with Gasteiger partial charge in [-0.05, 0) is 19.3 Å². The van der Waals surface area contributed by atoms with Crippen LogP contribution in [-0.4, -0.2) is 12.3 Å². The highest BCUT2D eigenvalue weighted by Crippen LogP contribution is 2.01. The predicted molar refractivity (Wildman–Crippen MR) is 61.6 cm³/mol. The maximum Gasteiger partial charge on any atom is 0.0388 e. The van der Waals surface area contributed by atoms with Crippen LogP contribution >= 0.6 is 0 Å². The minimum Gasteiger partial charge on any atom is -0.294 e. The summed E-state index contributed by atoms with van der Waals surface area (Å²) in [5.74, 6) is 0. The summed E-state index contributed by atoms with van der Waals surface area (Å²) in [5, 5.41) is 0. The molecule has 1 nitrogen and oxygen atoms in total. The van der Waals surface area contributed by atoms with Crippen LogP contribution in [0.1, 0.15) is 65.7 Å². The second-order valence-corrected chi connectivity index (χ2v) is 3.61. The van der Waals surface area contributed by atoms with E-state index >= 15 is 0 Å². The Bertz CT molecular complexity index is 127. The summed E-state index contributed by atoms with van der Waals surface area (Å²) < 4.78 is 0. The first-order valence-corrected chi connectivity index (χ1v) is 5.87. The average molecular weight is 183 g/mol. The third kappa shape index (κ3) is 8.01. The summed E-state index contributed by atoms with van der Waals surface area (Å²) in [6, 6.07) is 0. The molecule has 0 unspecified atom stereocenters. The minimum absolute atomic E-state index is 1.06. The normalized spacial score (nSPS) is 12.1. The molecule has 1 heteroatoms. The van der Waals surface area contributed by atoms with Gasteiger partial charge >= 0.3 is 0 Å². The summed E-state index contributed by atoms with van der Waals surface area (Å²) >= 11 is 0. The van der Waals surface area contributed by atoms with E-state index in [0.717, 1.165) is 13.0 Å². The third-order valence-corrected chi connectivity index (χ3v) is 2.29. The molecular formula is C12H25N. The molecule has 0 saturated heterocycles. The van der Waals surface area contributed by atoms with Crippen molar-refractivity contribution in [1.82, 2.24) is 0 Å². The Labute approximate surface area is 83.6 Å². The van der Waals surface area contributed by atoms with Gasteiger partial charge in [-0.25, -0.2) is 0 Å². The van der Waals surface area contributed by atoms with E-state index in [1.165, 1.54) is 44.2 Å². The fourth-order valence-corrected chi connectivity index (χ4v) is 1.43. The fourth-order valence-electron chi connectivity index (χ4n) is 1.43. The maximum atomic E-state index is 4.62. The highest BCUT2D eigenvalue weighted by Gasteiger charge is 1.93. The zero-order valence-corrected chi connectivity index (χ0v) is 9.60. The lowest BCUT2D eigenvalue weighted by molar-refractivity contribution is 0.673. The first-order chi connectivity index (χ1) is 6.35. The average Bonchev–Trinajstić information content (AvgIpc) is 2.16. The van der Waals surface area contributed by atoms with Crippen LogP contribution in [0.15, 0.2) is 4.99 Å². The molecule has 0 fully saturated rings. The fraction of sp³-hybridized carbons (Fsp3) is 0.917. The molecule has 0 atom stereocenters. The molecule has 0 bridgehead atoms. The van der Waals surface area contributed by atoms with Crippen molar-refractivity contribution in [3.05, 3.63) is 0 Å². The molecule has 0 saturated carbocycles. The van der Waals surface area contributed by atoms with Gasteiger partial charge in [-0.2, -0.15) is 0 Å². The number of rotatable bonds is 8. The Kier molecular flexibility index (Phi) is 9.51. The monoisotopic (exact) mass is 183 g/mol. The van der Waals surface area contributed by atoms with E-state index in [-0.39, 0.29) is 0 Å².